The first kappa shape index (κ1) is 101. The van der Waals surface area contributed by atoms with Gasteiger partial charge in [-0.25, -0.2) is 0 Å². The quantitative estimate of drug-likeness (QED) is 0.0852. The first-order valence-electron chi connectivity index (χ1n) is 58.8. The predicted octanol–water partition coefficient (Wildman–Crippen LogP) is 37.8. The third-order valence-electron chi connectivity index (χ3n) is 39.2. The summed E-state index contributed by atoms with van der Waals surface area (Å²) in [7, 11) is 0. The van der Waals surface area contributed by atoms with Gasteiger partial charge in [0.25, 0.3) is 0 Å². The monoisotopic (exact) mass is 1940 g/mol. The van der Waals surface area contributed by atoms with Crippen molar-refractivity contribution in [1.82, 2.24) is 0 Å². The fourth-order valence-corrected chi connectivity index (χ4v) is 31.0. The lowest BCUT2D eigenvalue weighted by atomic mass is 9.60. The molecule has 12 atom stereocenters. The van der Waals surface area contributed by atoms with Crippen LogP contribution < -0.4 is 0 Å². The molecule has 5 saturated carbocycles. The van der Waals surface area contributed by atoms with Crippen molar-refractivity contribution < 1.29 is 0 Å². The Bertz CT molecular complexity index is 6910. The summed E-state index contributed by atoms with van der Waals surface area (Å²) in [6.45, 7) is 46.6. The van der Waals surface area contributed by atoms with Crippen LogP contribution >= 0.6 is 0 Å². The van der Waals surface area contributed by atoms with Crippen LogP contribution in [-0.4, -0.2) is 0 Å². The van der Waals surface area contributed by atoms with E-state index in [9.17, 15) is 0 Å². The second-order valence-electron chi connectivity index (χ2n) is 48.6. The van der Waals surface area contributed by atoms with Crippen LogP contribution in [0.4, 0.5) is 0 Å². The molecule has 10 unspecified atom stereocenters. The van der Waals surface area contributed by atoms with E-state index in [4.69, 9.17) is 0 Å². The Morgan fingerprint density at radius 2 is 0.514 bits per heavy atom. The molecule has 0 radical (unpaired) electrons. The standard InChI is InChI=1S/C30H32.2C30H34.2C29H32/c1-18-7-6-10-24-20(3)26-14-13-25-19(2)23(16-29(25)30(26)17-28(18)24)15-22-12-11-21-8-4-5-9-27(21)22;2*1-4-23-14-15-27-21(3)26(18-25-13-12-24-10-5-6-11-28(24)25)19-30(27)29(23)17-22-9-7-8-20(2)16-22;2*1-4-22-13-14-26-20(3)25(17-24-12-11-23-7-5-6-8-27(23)24)18-29(26)28(22)16-21-10-9-19(2)15-21/h4-5,8-9,12-15,18,20,24,28H,2,6-7,10-11,16-17H2,1,3H3;2*5-6,10-11,13-15,18,20,22H,3-4,7-9,12,16-17,19H2,1-2H3;2*5-8,12-14,17,19,21H,3-4,9-11,15-16,18H2,1-2H3/b23-15+;2*26-18+;2*25-17+/t;;;2*19-,21?/m...11/s1. The maximum atomic E-state index is 4.54. The fraction of sp³-hybridized carbons (Fsp3) is 0.392. The summed E-state index contributed by atoms with van der Waals surface area (Å²) in [5, 5.41) is 0. The number of fused-ring (bicyclic) bond motifs is 13. The summed E-state index contributed by atoms with van der Waals surface area (Å²) >= 11 is 0. The van der Waals surface area contributed by atoms with Crippen LogP contribution in [0.2, 0.25) is 0 Å². The van der Waals surface area contributed by atoms with Crippen molar-refractivity contribution in [3.05, 3.63) is 470 Å². The van der Waals surface area contributed by atoms with Gasteiger partial charge in [0.15, 0.2) is 0 Å². The molecular formula is C148H164. The van der Waals surface area contributed by atoms with Crippen molar-refractivity contribution in [2.24, 2.45) is 65.1 Å². The number of hydrogen-bond acceptors (Lipinski definition) is 0. The van der Waals surface area contributed by atoms with Crippen LogP contribution in [0.1, 0.15) is 351 Å². The zero-order valence-electron chi connectivity index (χ0n) is 91.5. The van der Waals surface area contributed by atoms with Gasteiger partial charge in [0.2, 0.25) is 0 Å². The van der Waals surface area contributed by atoms with Crippen LogP contribution in [0.3, 0.4) is 0 Å². The molecule has 0 heterocycles. The Morgan fingerprint density at radius 3 is 0.797 bits per heavy atom. The van der Waals surface area contributed by atoms with Crippen LogP contribution in [-0.2, 0) is 122 Å². The van der Waals surface area contributed by atoms with Crippen molar-refractivity contribution in [2.45, 2.75) is 306 Å². The molecule has 0 aliphatic heterocycles. The average Bonchev–Trinajstić information content (AvgIpc) is 1.58. The van der Waals surface area contributed by atoms with Gasteiger partial charge in [-0.3, -0.25) is 0 Å². The van der Waals surface area contributed by atoms with Gasteiger partial charge in [-0.15, -0.1) is 0 Å². The lowest BCUT2D eigenvalue weighted by Gasteiger charge is -2.45. The van der Waals surface area contributed by atoms with Gasteiger partial charge in [0.05, 0.1) is 0 Å². The number of aryl methyl sites for hydroxylation is 4. The summed E-state index contributed by atoms with van der Waals surface area (Å²) in [4.78, 5) is 0. The average molecular weight is 1940 g/mol. The first-order chi connectivity index (χ1) is 72.2. The molecule has 756 valence electrons. The van der Waals surface area contributed by atoms with Crippen molar-refractivity contribution >= 4 is 55.7 Å². The Hall–Kier alpha value is -11.7. The summed E-state index contributed by atoms with van der Waals surface area (Å²) in [6, 6.07) is 67.9. The van der Waals surface area contributed by atoms with Gasteiger partial charge in [0, 0.05) is 0 Å². The van der Waals surface area contributed by atoms with Gasteiger partial charge in [-0.05, 0) is 488 Å². The zero-order valence-corrected chi connectivity index (χ0v) is 91.5. The van der Waals surface area contributed by atoms with Gasteiger partial charge in [-0.1, -0.05) is 409 Å². The van der Waals surface area contributed by atoms with E-state index in [1.165, 1.54) is 308 Å². The molecule has 26 rings (SSSR count). The molecule has 0 N–H and O–H groups in total. The molecule has 5 fully saturated rings. The number of allylic oxidation sites excluding steroid dienone is 25. The van der Waals surface area contributed by atoms with E-state index in [0.717, 1.165) is 155 Å². The lowest BCUT2D eigenvalue weighted by molar-refractivity contribution is 0.131. The molecule has 0 saturated heterocycles. The van der Waals surface area contributed by atoms with E-state index in [1.807, 2.05) is 0 Å². The van der Waals surface area contributed by atoms with Crippen LogP contribution in [0.15, 0.2) is 304 Å². The lowest BCUT2D eigenvalue weighted by Crippen LogP contribution is -2.36. The molecule has 0 aromatic heterocycles. The highest BCUT2D eigenvalue weighted by Gasteiger charge is 2.43. The maximum Gasteiger partial charge on any atom is -0.00106 e. The topological polar surface area (TPSA) is 0 Å². The van der Waals surface area contributed by atoms with Gasteiger partial charge >= 0.3 is 0 Å². The van der Waals surface area contributed by atoms with Gasteiger partial charge < -0.3 is 0 Å². The van der Waals surface area contributed by atoms with E-state index in [0.29, 0.717) is 5.92 Å². The molecular weight excluding hydrogens is 1780 g/mol. The zero-order chi connectivity index (χ0) is 102. The third kappa shape index (κ3) is 20.5. The smallest absolute Gasteiger partial charge is 0.00106 e. The van der Waals surface area contributed by atoms with Crippen molar-refractivity contribution in [3.63, 3.8) is 0 Å². The largest absolute Gasteiger partial charge is 0.0909 e. The molecule has 0 nitrogen and oxygen atoms in total. The van der Waals surface area contributed by atoms with Crippen LogP contribution in [0.5, 0.6) is 0 Å². The highest BCUT2D eigenvalue weighted by molar-refractivity contribution is 5.97. The molecule has 0 heteroatoms. The molecule has 10 aromatic rings. The first-order valence-corrected chi connectivity index (χ1v) is 58.8. The Labute approximate surface area is 891 Å². The summed E-state index contributed by atoms with van der Waals surface area (Å²) in [5.74, 6) is 10.4. The van der Waals surface area contributed by atoms with Crippen molar-refractivity contribution in [1.29, 1.82) is 0 Å². The highest BCUT2D eigenvalue weighted by atomic mass is 14.5. The third-order valence-corrected chi connectivity index (χ3v) is 39.2. The Morgan fingerprint density at radius 1 is 0.250 bits per heavy atom. The van der Waals surface area contributed by atoms with Crippen molar-refractivity contribution in [3.8, 4) is 0 Å². The summed E-state index contributed by atoms with van der Waals surface area (Å²) in [6.07, 6.45) is 69.5. The fourth-order valence-electron chi connectivity index (χ4n) is 31.0. The van der Waals surface area contributed by atoms with E-state index in [1.54, 1.807) is 83.5 Å². The predicted molar refractivity (Wildman–Crippen MR) is 637 cm³/mol. The SMILES string of the molecule is C=C1/C(=C/C2=CCc3ccccc32)Cc2c1ccc(CC)c2CC1CCCC(C)C1.C=C1/C(=C/C2=CCc3ccccc32)Cc2c1ccc(CC)c2CC1CCCC(C)C1.C=C1/C(=C/C2=CCc3ccccc32)Cc2c1ccc(CC)c2CC1CC[C@@H](C)C1.C=C1/C(=C/C2=CCc3ccccc32)Cc2c1ccc(CC)c2CC1CC[C@@H](C)C1.C=C1/C(=C/C2=CCc3ccccc32)Cc2c1ccc1c2CC2C(C)CCCC2C1C. The van der Waals surface area contributed by atoms with E-state index in [2.05, 4.69) is 345 Å². The molecule has 148 heavy (non-hydrogen) atoms. The minimum atomic E-state index is 0.706. The molecule has 10 aromatic carbocycles. The van der Waals surface area contributed by atoms with E-state index >= 15 is 0 Å². The number of rotatable bonds is 17. The van der Waals surface area contributed by atoms with E-state index < -0.39 is 0 Å². The molecule has 0 amide bonds. The Kier molecular flexibility index (Phi) is 30.0. The van der Waals surface area contributed by atoms with E-state index in [-0.39, 0.29) is 0 Å². The van der Waals surface area contributed by atoms with Gasteiger partial charge in [0.1, 0.15) is 0 Å². The molecule has 16 aliphatic rings. The van der Waals surface area contributed by atoms with Crippen LogP contribution in [0.25, 0.3) is 55.7 Å². The molecule has 0 bridgehead atoms. The minimum absolute atomic E-state index is 0.706. The summed E-state index contributed by atoms with van der Waals surface area (Å²) < 4.78 is 0. The second kappa shape index (κ2) is 44.1. The normalized spacial score (nSPS) is 25.4. The molecule has 0 spiro atoms. The number of benzene rings is 10. The maximum absolute atomic E-state index is 4.54. The van der Waals surface area contributed by atoms with Crippen molar-refractivity contribution in [2.75, 3.05) is 0 Å². The second-order valence-corrected chi connectivity index (χ2v) is 48.6. The van der Waals surface area contributed by atoms with Crippen LogP contribution in [0, 0.1) is 65.1 Å². The molecule has 16 aliphatic carbocycles. The summed E-state index contributed by atoms with van der Waals surface area (Å²) in [5.41, 5.74) is 65.6. The number of hydrogen-bond donors (Lipinski definition) is 0. The van der Waals surface area contributed by atoms with Gasteiger partial charge in [-0.2, -0.15) is 0 Å². The minimum Gasteiger partial charge on any atom is -0.0909 e. The highest BCUT2D eigenvalue weighted by Crippen LogP contribution is 2.55. The Balaban J connectivity index is 0.000000105.